The number of esters is 1. The Bertz CT molecular complexity index is 797. The van der Waals surface area contributed by atoms with E-state index >= 15 is 0 Å². The third kappa shape index (κ3) is 1.87. The van der Waals surface area contributed by atoms with E-state index in [9.17, 15) is 14.4 Å². The van der Waals surface area contributed by atoms with Crippen molar-refractivity contribution in [1.82, 2.24) is 5.32 Å². The zero-order valence-corrected chi connectivity index (χ0v) is 12.5. The average Bonchev–Trinajstić information content (AvgIpc) is 2.37. The summed E-state index contributed by atoms with van der Waals surface area (Å²) in [7, 11) is 0. The lowest BCUT2D eigenvalue weighted by Crippen LogP contribution is -2.35. The van der Waals surface area contributed by atoms with Gasteiger partial charge in [0.2, 0.25) is 0 Å². The highest BCUT2D eigenvalue weighted by molar-refractivity contribution is 14.1. The molecule has 3 rings (SSSR count). The molecule has 2 aromatic carbocycles. The normalized spacial score (nSPS) is 13.3. The van der Waals surface area contributed by atoms with Gasteiger partial charge in [0, 0.05) is 17.9 Å². The van der Waals surface area contributed by atoms with Gasteiger partial charge in [0.1, 0.15) is 0 Å². The van der Waals surface area contributed by atoms with Crippen LogP contribution < -0.4 is 10.1 Å². The topological polar surface area (TPSA) is 72.5 Å². The van der Waals surface area contributed by atoms with Gasteiger partial charge in [0.05, 0.1) is 9.13 Å². The van der Waals surface area contributed by atoms with Crippen molar-refractivity contribution in [3.63, 3.8) is 0 Å². The fourth-order valence-corrected chi connectivity index (χ4v) is 3.00. The fourth-order valence-electron chi connectivity index (χ4n) is 2.29. The number of amides is 2. The summed E-state index contributed by atoms with van der Waals surface area (Å²) in [6.45, 7) is 1.27. The molecule has 100 valence electrons. The first-order valence-electron chi connectivity index (χ1n) is 5.78. The van der Waals surface area contributed by atoms with Gasteiger partial charge in [-0.2, -0.15) is 0 Å². The lowest BCUT2D eigenvalue weighted by atomic mass is 9.94. The minimum atomic E-state index is -0.548. The van der Waals surface area contributed by atoms with Crippen LogP contribution in [0.1, 0.15) is 27.6 Å². The Hall–Kier alpha value is -1.96. The van der Waals surface area contributed by atoms with E-state index in [1.807, 2.05) is 28.7 Å². The second kappa shape index (κ2) is 4.55. The van der Waals surface area contributed by atoms with E-state index in [0.717, 1.165) is 5.39 Å². The van der Waals surface area contributed by atoms with Crippen LogP contribution in [0.25, 0.3) is 10.8 Å². The Morgan fingerprint density at radius 1 is 1.25 bits per heavy atom. The van der Waals surface area contributed by atoms with E-state index in [1.165, 1.54) is 6.92 Å². The first kappa shape index (κ1) is 13.0. The highest BCUT2D eigenvalue weighted by Gasteiger charge is 2.30. The number of imide groups is 1. The third-order valence-corrected chi connectivity index (χ3v) is 3.82. The Morgan fingerprint density at radius 3 is 2.70 bits per heavy atom. The van der Waals surface area contributed by atoms with Crippen LogP contribution in [-0.2, 0) is 4.79 Å². The van der Waals surface area contributed by atoms with Gasteiger partial charge in [-0.05, 0) is 40.1 Å². The van der Waals surface area contributed by atoms with Gasteiger partial charge in [0.25, 0.3) is 11.8 Å². The highest BCUT2D eigenvalue weighted by Crippen LogP contribution is 2.37. The van der Waals surface area contributed by atoms with Gasteiger partial charge in [-0.25, -0.2) is 0 Å². The quantitative estimate of drug-likeness (QED) is 0.356. The number of carbonyl (C=O) groups is 3. The number of hydrogen-bond acceptors (Lipinski definition) is 4. The standard InChI is InChI=1S/C14H8INO4/c1-6(17)20-12-9(15)5-7-3-2-4-8-10(7)11(12)14(19)16-13(8)18/h2-5H,1H3,(H,16,18,19). The first-order chi connectivity index (χ1) is 9.49. The Morgan fingerprint density at radius 2 is 2.00 bits per heavy atom. The molecule has 0 spiro atoms. The molecule has 6 heteroatoms. The number of benzene rings is 2. The smallest absolute Gasteiger partial charge is 0.308 e. The van der Waals surface area contributed by atoms with Crippen molar-refractivity contribution in [1.29, 1.82) is 0 Å². The lowest BCUT2D eigenvalue weighted by molar-refractivity contribution is -0.131. The summed E-state index contributed by atoms with van der Waals surface area (Å²) >= 11 is 2.00. The van der Waals surface area contributed by atoms with E-state index in [2.05, 4.69) is 5.32 Å². The molecule has 0 saturated carbocycles. The molecule has 0 fully saturated rings. The zero-order valence-electron chi connectivity index (χ0n) is 10.3. The molecule has 0 aliphatic carbocycles. The molecule has 1 aliphatic rings. The number of nitrogens with one attached hydrogen (secondary N) is 1. The maximum absolute atomic E-state index is 12.1. The van der Waals surface area contributed by atoms with Crippen molar-refractivity contribution < 1.29 is 19.1 Å². The predicted molar refractivity (Wildman–Crippen MR) is 79.8 cm³/mol. The van der Waals surface area contributed by atoms with Gasteiger partial charge in [-0.15, -0.1) is 0 Å². The molecule has 0 atom stereocenters. The Kier molecular flexibility index (Phi) is 2.97. The highest BCUT2D eigenvalue weighted by atomic mass is 127. The van der Waals surface area contributed by atoms with Crippen LogP contribution in [0.15, 0.2) is 24.3 Å². The lowest BCUT2D eigenvalue weighted by Gasteiger charge is -2.20. The number of rotatable bonds is 1. The maximum Gasteiger partial charge on any atom is 0.308 e. The maximum atomic E-state index is 12.1. The minimum absolute atomic E-state index is 0.197. The van der Waals surface area contributed by atoms with Gasteiger partial charge in [-0.3, -0.25) is 19.7 Å². The first-order valence-corrected chi connectivity index (χ1v) is 6.86. The van der Waals surface area contributed by atoms with Crippen LogP contribution >= 0.6 is 22.6 Å². The van der Waals surface area contributed by atoms with Crippen molar-refractivity contribution in [2.24, 2.45) is 0 Å². The SMILES string of the molecule is CC(=O)Oc1c(I)cc2cccc3c2c1C(=O)NC3=O. The number of halogens is 1. The number of hydrogen-bond donors (Lipinski definition) is 1. The molecule has 20 heavy (non-hydrogen) atoms. The van der Waals surface area contributed by atoms with Crippen molar-refractivity contribution in [3.8, 4) is 5.75 Å². The van der Waals surface area contributed by atoms with Crippen LogP contribution in [0.2, 0.25) is 0 Å². The molecular weight excluding hydrogens is 373 g/mol. The van der Waals surface area contributed by atoms with E-state index in [0.29, 0.717) is 14.5 Å². The summed E-state index contributed by atoms with van der Waals surface area (Å²) in [5.41, 5.74) is 0.638. The van der Waals surface area contributed by atoms with Gasteiger partial charge < -0.3 is 4.74 Å². The molecule has 5 nitrogen and oxygen atoms in total. The van der Waals surface area contributed by atoms with Crippen LogP contribution in [0.3, 0.4) is 0 Å². The van der Waals surface area contributed by atoms with Gasteiger partial charge in [-0.1, -0.05) is 12.1 Å². The van der Waals surface area contributed by atoms with Gasteiger partial charge in [0.15, 0.2) is 5.75 Å². The van der Waals surface area contributed by atoms with Crippen LogP contribution in [0.5, 0.6) is 5.75 Å². The van der Waals surface area contributed by atoms with E-state index in [-0.39, 0.29) is 11.3 Å². The zero-order chi connectivity index (χ0) is 14.4. The molecule has 0 saturated heterocycles. The predicted octanol–water partition coefficient (Wildman–Crippen LogP) is 2.25. The Labute approximate surface area is 127 Å². The number of carbonyl (C=O) groups excluding carboxylic acids is 3. The average molecular weight is 381 g/mol. The van der Waals surface area contributed by atoms with Crippen LogP contribution in [0, 0.1) is 3.57 Å². The van der Waals surface area contributed by atoms with E-state index in [1.54, 1.807) is 18.2 Å². The summed E-state index contributed by atoms with van der Waals surface area (Å²) in [5, 5.41) is 3.55. The summed E-state index contributed by atoms with van der Waals surface area (Å²) in [5.74, 6) is -1.31. The Balaban J connectivity index is 2.46. The summed E-state index contributed by atoms with van der Waals surface area (Å²) in [6, 6.07) is 6.98. The summed E-state index contributed by atoms with van der Waals surface area (Å²) < 4.78 is 5.79. The van der Waals surface area contributed by atoms with Crippen molar-refractivity contribution >= 4 is 51.1 Å². The van der Waals surface area contributed by atoms with Crippen molar-refractivity contribution in [3.05, 3.63) is 39.0 Å². The molecule has 0 unspecified atom stereocenters. The minimum Gasteiger partial charge on any atom is -0.425 e. The van der Waals surface area contributed by atoms with Crippen LogP contribution in [0.4, 0.5) is 0 Å². The van der Waals surface area contributed by atoms with Crippen LogP contribution in [-0.4, -0.2) is 17.8 Å². The number of ether oxygens (including phenoxy) is 1. The molecule has 0 aromatic heterocycles. The van der Waals surface area contributed by atoms with Crippen molar-refractivity contribution in [2.45, 2.75) is 6.92 Å². The molecule has 2 aromatic rings. The van der Waals surface area contributed by atoms with E-state index in [4.69, 9.17) is 4.74 Å². The molecule has 2 amide bonds. The van der Waals surface area contributed by atoms with Gasteiger partial charge >= 0.3 is 5.97 Å². The summed E-state index contributed by atoms with van der Waals surface area (Å²) in [4.78, 5) is 35.2. The largest absolute Gasteiger partial charge is 0.425 e. The molecule has 1 heterocycles. The third-order valence-electron chi connectivity index (χ3n) is 3.02. The second-order valence-electron chi connectivity index (χ2n) is 4.34. The molecule has 1 N–H and O–H groups in total. The fraction of sp³-hybridized carbons (Fsp3) is 0.0714. The molecule has 1 aliphatic heterocycles. The summed E-state index contributed by atoms with van der Waals surface area (Å²) in [6.07, 6.45) is 0. The van der Waals surface area contributed by atoms with Crippen molar-refractivity contribution in [2.75, 3.05) is 0 Å². The molecule has 0 radical (unpaired) electrons. The van der Waals surface area contributed by atoms with E-state index < -0.39 is 17.8 Å². The monoisotopic (exact) mass is 381 g/mol. The molecular formula is C14H8INO4. The molecule has 0 bridgehead atoms. The second-order valence-corrected chi connectivity index (χ2v) is 5.51.